The molecule has 2 atom stereocenters. The van der Waals surface area contributed by atoms with Crippen molar-refractivity contribution < 1.29 is 40.1 Å². The van der Waals surface area contributed by atoms with Gasteiger partial charge >= 0.3 is 21.6 Å². The molecular weight excluding hydrogens is 535 g/mol. The molecule has 11 heteroatoms. The van der Waals surface area contributed by atoms with Crippen LogP contribution in [0.25, 0.3) is 0 Å². The summed E-state index contributed by atoms with van der Waals surface area (Å²) < 4.78 is 74.3. The number of ketones is 1. The number of methoxy groups -OCH3 is 1. The highest BCUT2D eigenvalue weighted by molar-refractivity contribution is 7.88. The van der Waals surface area contributed by atoms with Crippen molar-refractivity contribution in [3.8, 4) is 5.75 Å². The maximum Gasteiger partial charge on any atom is 0.534 e. The molecule has 1 aliphatic heterocycles. The summed E-state index contributed by atoms with van der Waals surface area (Å²) in [6, 6.07) is 12.6. The van der Waals surface area contributed by atoms with Gasteiger partial charge in [-0.3, -0.25) is 9.69 Å². The number of halogens is 3. The van der Waals surface area contributed by atoms with Crippen molar-refractivity contribution in [2.75, 3.05) is 20.2 Å². The van der Waals surface area contributed by atoms with Crippen LogP contribution in [0.1, 0.15) is 69.2 Å². The summed E-state index contributed by atoms with van der Waals surface area (Å²) in [4.78, 5) is 27.5. The molecule has 1 saturated heterocycles. The molecule has 214 valence electrons. The van der Waals surface area contributed by atoms with E-state index in [2.05, 4.69) is 9.64 Å². The summed E-state index contributed by atoms with van der Waals surface area (Å²) in [6.07, 6.45) is 2.91. The van der Waals surface area contributed by atoms with Crippen LogP contribution in [0.3, 0.4) is 0 Å². The van der Waals surface area contributed by atoms with Gasteiger partial charge in [0.2, 0.25) is 5.78 Å². The van der Waals surface area contributed by atoms with Crippen molar-refractivity contribution in [1.82, 2.24) is 4.90 Å². The number of rotatable bonds is 10. The van der Waals surface area contributed by atoms with E-state index in [-0.39, 0.29) is 23.5 Å². The van der Waals surface area contributed by atoms with Gasteiger partial charge in [0, 0.05) is 5.56 Å². The highest BCUT2D eigenvalue weighted by atomic mass is 32.2. The molecule has 1 fully saturated rings. The number of carbonyl (C=O) groups is 2. The Morgan fingerprint density at radius 2 is 1.62 bits per heavy atom. The minimum Gasteiger partial charge on any atom is -0.463 e. The van der Waals surface area contributed by atoms with Gasteiger partial charge in [-0.25, -0.2) is 4.79 Å². The lowest BCUT2D eigenvalue weighted by molar-refractivity contribution is -0.154. The third-order valence-electron chi connectivity index (χ3n) is 6.99. The van der Waals surface area contributed by atoms with Gasteiger partial charge in [0.25, 0.3) is 0 Å². The molecule has 2 unspecified atom stereocenters. The topological polar surface area (TPSA) is 90.0 Å². The van der Waals surface area contributed by atoms with Crippen molar-refractivity contribution in [2.24, 2.45) is 5.92 Å². The van der Waals surface area contributed by atoms with Crippen molar-refractivity contribution in [3.63, 3.8) is 0 Å². The van der Waals surface area contributed by atoms with E-state index in [9.17, 15) is 31.2 Å². The fourth-order valence-electron chi connectivity index (χ4n) is 5.22. The van der Waals surface area contributed by atoms with Crippen LogP contribution in [-0.4, -0.2) is 50.8 Å². The van der Waals surface area contributed by atoms with Gasteiger partial charge < -0.3 is 8.92 Å². The highest BCUT2D eigenvalue weighted by Crippen LogP contribution is 2.42. The van der Waals surface area contributed by atoms with Crippen LogP contribution >= 0.6 is 0 Å². The smallest absolute Gasteiger partial charge is 0.463 e. The number of nitrogens with zero attached hydrogens (tertiary/aromatic N) is 1. The van der Waals surface area contributed by atoms with Crippen LogP contribution in [-0.2, 0) is 29.9 Å². The maximum absolute atomic E-state index is 13.5. The van der Waals surface area contributed by atoms with E-state index < -0.39 is 44.6 Å². The SMILES string of the molecule is COC(=O)C(=O)C(C)(CC(C)C)c1ccc(C(c2ccccc2)N2CCCCC2)c(OS(=O)(=O)C(F)(F)F)c1. The van der Waals surface area contributed by atoms with E-state index in [4.69, 9.17) is 4.18 Å². The third kappa shape index (κ3) is 6.81. The molecule has 1 heterocycles. The number of benzene rings is 2. The normalized spacial score (nSPS) is 17.3. The van der Waals surface area contributed by atoms with Crippen LogP contribution in [0.2, 0.25) is 0 Å². The fraction of sp³-hybridized carbons (Fsp3) is 0.500. The molecule has 0 N–H and O–H groups in total. The number of Topliss-reactive ketones (excluding diaryl/α,β-unsaturated/α-hetero) is 1. The molecule has 2 aromatic rings. The first-order valence-electron chi connectivity index (χ1n) is 12.8. The van der Waals surface area contributed by atoms with E-state index in [0.717, 1.165) is 38.0 Å². The second kappa shape index (κ2) is 12.1. The number of carbonyl (C=O) groups excluding carboxylic acids is 2. The highest BCUT2D eigenvalue weighted by Gasteiger charge is 2.49. The Kier molecular flexibility index (Phi) is 9.48. The Labute approximate surface area is 227 Å². The predicted octanol–water partition coefficient (Wildman–Crippen LogP) is 5.54. The second-order valence-corrected chi connectivity index (χ2v) is 11.9. The zero-order chi connectivity index (χ0) is 29.0. The largest absolute Gasteiger partial charge is 0.534 e. The molecule has 0 aromatic heterocycles. The zero-order valence-corrected chi connectivity index (χ0v) is 23.3. The molecule has 0 bridgehead atoms. The van der Waals surface area contributed by atoms with E-state index in [0.29, 0.717) is 13.1 Å². The third-order valence-corrected chi connectivity index (χ3v) is 7.95. The molecule has 39 heavy (non-hydrogen) atoms. The molecule has 0 aliphatic carbocycles. The summed E-state index contributed by atoms with van der Waals surface area (Å²) in [5.74, 6) is -2.65. The van der Waals surface area contributed by atoms with Gasteiger partial charge in [0.05, 0.1) is 18.6 Å². The standard InChI is InChI=1S/C28H34F3NO6S/c1-19(2)18-27(3,25(33)26(34)37-4)21-13-14-22(23(17-21)38-39(35,36)28(29,30)31)24(20-11-7-5-8-12-20)32-15-9-6-10-16-32/h5,7-8,11-14,17,19,24H,6,9-10,15-16,18H2,1-4H3. The van der Waals surface area contributed by atoms with E-state index in [1.807, 2.05) is 26.0 Å². The van der Waals surface area contributed by atoms with E-state index >= 15 is 0 Å². The minimum absolute atomic E-state index is 0.100. The van der Waals surface area contributed by atoms with Gasteiger partial charge in [0.1, 0.15) is 5.75 Å². The first-order valence-corrected chi connectivity index (χ1v) is 14.2. The van der Waals surface area contributed by atoms with Crippen molar-refractivity contribution in [3.05, 3.63) is 65.2 Å². The van der Waals surface area contributed by atoms with Crippen molar-refractivity contribution >= 4 is 21.9 Å². The van der Waals surface area contributed by atoms with Crippen molar-refractivity contribution in [1.29, 1.82) is 0 Å². The van der Waals surface area contributed by atoms with Gasteiger partial charge in [0.15, 0.2) is 0 Å². The van der Waals surface area contributed by atoms with Gasteiger partial charge in [-0.05, 0) is 62.4 Å². The molecule has 0 amide bonds. The van der Waals surface area contributed by atoms with E-state index in [1.54, 1.807) is 24.3 Å². The lowest BCUT2D eigenvalue weighted by atomic mass is 9.72. The summed E-state index contributed by atoms with van der Waals surface area (Å²) in [5.41, 5.74) is -6.08. The molecule has 1 aliphatic rings. The Hall–Kier alpha value is -2.92. The first kappa shape index (κ1) is 30.6. The average molecular weight is 570 g/mol. The predicted molar refractivity (Wildman–Crippen MR) is 140 cm³/mol. The van der Waals surface area contributed by atoms with Crippen LogP contribution in [0.5, 0.6) is 5.75 Å². The quantitative estimate of drug-likeness (QED) is 0.161. The van der Waals surface area contributed by atoms with Crippen LogP contribution in [0.15, 0.2) is 48.5 Å². The maximum atomic E-state index is 13.5. The average Bonchev–Trinajstić information content (AvgIpc) is 2.88. The molecule has 3 rings (SSSR count). The van der Waals surface area contributed by atoms with E-state index in [1.165, 1.54) is 13.0 Å². The number of hydrogen-bond donors (Lipinski definition) is 0. The Morgan fingerprint density at radius 1 is 1.00 bits per heavy atom. The van der Waals surface area contributed by atoms with Crippen LogP contribution < -0.4 is 4.18 Å². The molecule has 0 saturated carbocycles. The van der Waals surface area contributed by atoms with Crippen LogP contribution in [0, 0.1) is 5.92 Å². The van der Waals surface area contributed by atoms with Gasteiger partial charge in [-0.1, -0.05) is 62.7 Å². The zero-order valence-electron chi connectivity index (χ0n) is 22.5. The summed E-state index contributed by atoms with van der Waals surface area (Å²) in [5, 5.41) is 0. The number of hydrogen-bond acceptors (Lipinski definition) is 7. The Balaban J connectivity index is 2.28. The Bertz CT molecular complexity index is 1270. The van der Waals surface area contributed by atoms with Crippen LogP contribution in [0.4, 0.5) is 13.2 Å². The van der Waals surface area contributed by atoms with Crippen molar-refractivity contribution in [2.45, 2.75) is 63.4 Å². The summed E-state index contributed by atoms with van der Waals surface area (Å²) in [6.45, 7) is 6.44. The number of likely N-dealkylation sites (tertiary alicyclic amines) is 1. The number of ether oxygens (including phenoxy) is 1. The summed E-state index contributed by atoms with van der Waals surface area (Å²) >= 11 is 0. The number of esters is 1. The molecule has 0 radical (unpaired) electrons. The number of alkyl halides is 3. The molecule has 0 spiro atoms. The molecule has 2 aromatic carbocycles. The monoisotopic (exact) mass is 569 g/mol. The lowest BCUT2D eigenvalue weighted by Gasteiger charge is -2.36. The first-order chi connectivity index (χ1) is 18.2. The minimum atomic E-state index is -6.04. The number of piperidine rings is 1. The lowest BCUT2D eigenvalue weighted by Crippen LogP contribution is -2.40. The second-order valence-electron chi connectivity index (χ2n) is 10.4. The molecule has 7 nitrogen and oxygen atoms in total. The summed E-state index contributed by atoms with van der Waals surface area (Å²) in [7, 11) is -4.98. The fourth-order valence-corrected chi connectivity index (χ4v) is 5.69. The molecular formula is C28H34F3NO6S. The van der Waals surface area contributed by atoms with Gasteiger partial charge in [-0.2, -0.15) is 21.6 Å². The Morgan fingerprint density at radius 3 is 2.15 bits per heavy atom. The van der Waals surface area contributed by atoms with Gasteiger partial charge in [-0.15, -0.1) is 0 Å².